The topological polar surface area (TPSA) is 17.3 Å². The van der Waals surface area contributed by atoms with Crippen molar-refractivity contribution in [2.45, 2.75) is 12.6 Å². The molecular weight excluding hydrogens is 301 g/mol. The zero-order chi connectivity index (χ0) is 15.0. The maximum absolute atomic E-state index is 13.0. The minimum absolute atomic E-state index is 0.120. The number of nitrogens with zero attached hydrogens (tertiary/aromatic N) is 2. The quantitative estimate of drug-likeness (QED) is 0.676. The Morgan fingerprint density at radius 2 is 1.81 bits per heavy atom. The van der Waals surface area contributed by atoms with E-state index in [-0.39, 0.29) is 12.0 Å². The number of benzene rings is 1. The SMILES string of the molecule is FC(F)(F)c1ccccc1Cc1cn2cc(Cl)ccc2n1. The number of fused-ring (bicyclic) bond motifs is 1. The third-order valence-electron chi connectivity index (χ3n) is 3.16. The van der Waals surface area contributed by atoms with Gasteiger partial charge in [0.2, 0.25) is 0 Å². The van der Waals surface area contributed by atoms with Crippen LogP contribution in [0.5, 0.6) is 0 Å². The maximum Gasteiger partial charge on any atom is 0.416 e. The average Bonchev–Trinajstić information content (AvgIpc) is 2.79. The van der Waals surface area contributed by atoms with Crippen LogP contribution in [0.3, 0.4) is 0 Å². The molecule has 1 aromatic carbocycles. The lowest BCUT2D eigenvalue weighted by atomic mass is 10.0. The molecule has 2 aromatic heterocycles. The Balaban J connectivity index is 1.99. The summed E-state index contributed by atoms with van der Waals surface area (Å²) in [6.45, 7) is 0. The zero-order valence-electron chi connectivity index (χ0n) is 10.7. The van der Waals surface area contributed by atoms with Gasteiger partial charge in [0.25, 0.3) is 0 Å². The minimum Gasteiger partial charge on any atom is -0.305 e. The van der Waals surface area contributed by atoms with Crippen molar-refractivity contribution in [3.8, 4) is 0 Å². The molecule has 3 rings (SSSR count). The second kappa shape index (κ2) is 5.07. The van der Waals surface area contributed by atoms with Gasteiger partial charge in [0.05, 0.1) is 16.3 Å². The van der Waals surface area contributed by atoms with Gasteiger partial charge in [-0.3, -0.25) is 0 Å². The van der Waals surface area contributed by atoms with E-state index in [4.69, 9.17) is 11.6 Å². The van der Waals surface area contributed by atoms with Gasteiger partial charge < -0.3 is 4.40 Å². The van der Waals surface area contributed by atoms with Crippen LogP contribution in [0.25, 0.3) is 5.65 Å². The third kappa shape index (κ3) is 2.88. The summed E-state index contributed by atoms with van der Waals surface area (Å²) < 4.78 is 40.6. The van der Waals surface area contributed by atoms with Gasteiger partial charge in [0.15, 0.2) is 0 Å². The van der Waals surface area contributed by atoms with Crippen molar-refractivity contribution < 1.29 is 13.2 Å². The predicted octanol–water partition coefficient (Wildman–Crippen LogP) is 4.60. The molecule has 0 atom stereocenters. The van der Waals surface area contributed by atoms with Gasteiger partial charge >= 0.3 is 6.18 Å². The summed E-state index contributed by atoms with van der Waals surface area (Å²) in [6.07, 6.45) is -0.883. The van der Waals surface area contributed by atoms with Gasteiger partial charge in [-0.1, -0.05) is 29.8 Å². The first-order valence-electron chi connectivity index (χ1n) is 6.22. The minimum atomic E-state index is -4.36. The molecule has 0 bridgehead atoms. The number of alkyl halides is 3. The number of rotatable bonds is 2. The van der Waals surface area contributed by atoms with Gasteiger partial charge in [-0.05, 0) is 23.8 Å². The van der Waals surface area contributed by atoms with E-state index in [1.54, 1.807) is 35.0 Å². The van der Waals surface area contributed by atoms with Crippen molar-refractivity contribution in [2.24, 2.45) is 0 Å². The van der Waals surface area contributed by atoms with Crippen LogP contribution in [0.4, 0.5) is 13.2 Å². The van der Waals surface area contributed by atoms with Gasteiger partial charge in [-0.15, -0.1) is 0 Å². The van der Waals surface area contributed by atoms with Crippen LogP contribution in [0.2, 0.25) is 5.02 Å². The number of imidazole rings is 1. The molecule has 21 heavy (non-hydrogen) atoms. The van der Waals surface area contributed by atoms with Gasteiger partial charge in [-0.25, -0.2) is 4.98 Å². The van der Waals surface area contributed by atoms with E-state index < -0.39 is 11.7 Å². The highest BCUT2D eigenvalue weighted by molar-refractivity contribution is 6.30. The van der Waals surface area contributed by atoms with E-state index >= 15 is 0 Å². The Kier molecular flexibility index (Phi) is 3.37. The molecule has 108 valence electrons. The first-order valence-corrected chi connectivity index (χ1v) is 6.59. The Labute approximate surface area is 123 Å². The van der Waals surface area contributed by atoms with Gasteiger partial charge in [0.1, 0.15) is 5.65 Å². The van der Waals surface area contributed by atoms with E-state index in [1.165, 1.54) is 12.1 Å². The fraction of sp³-hybridized carbons (Fsp3) is 0.133. The molecule has 0 aliphatic heterocycles. The molecule has 0 N–H and O–H groups in total. The van der Waals surface area contributed by atoms with E-state index in [0.29, 0.717) is 16.4 Å². The number of aromatic nitrogens is 2. The fourth-order valence-corrected chi connectivity index (χ4v) is 2.42. The standard InChI is InChI=1S/C15H10ClF3N2/c16-11-5-6-14-20-12(9-21(14)8-11)7-10-3-1-2-4-13(10)15(17,18)19/h1-6,8-9H,7H2. The lowest BCUT2D eigenvalue weighted by Gasteiger charge is -2.11. The third-order valence-corrected chi connectivity index (χ3v) is 3.38. The molecule has 0 radical (unpaired) electrons. The summed E-state index contributed by atoms with van der Waals surface area (Å²) in [5.41, 5.74) is 0.799. The molecule has 0 saturated carbocycles. The normalized spacial score (nSPS) is 12.0. The molecule has 0 fully saturated rings. The van der Waals surface area contributed by atoms with Gasteiger partial charge in [0, 0.05) is 18.8 Å². The number of pyridine rings is 1. The van der Waals surface area contributed by atoms with E-state index in [0.717, 1.165) is 6.07 Å². The van der Waals surface area contributed by atoms with Crippen LogP contribution in [-0.2, 0) is 12.6 Å². The summed E-state index contributed by atoms with van der Waals surface area (Å²) in [5.74, 6) is 0. The van der Waals surface area contributed by atoms with Crippen molar-refractivity contribution in [3.63, 3.8) is 0 Å². The Morgan fingerprint density at radius 3 is 2.57 bits per heavy atom. The fourth-order valence-electron chi connectivity index (χ4n) is 2.25. The van der Waals surface area contributed by atoms with E-state index in [9.17, 15) is 13.2 Å². The zero-order valence-corrected chi connectivity index (χ0v) is 11.5. The highest BCUT2D eigenvalue weighted by Gasteiger charge is 2.32. The molecular formula is C15H10ClF3N2. The molecule has 0 spiro atoms. The lowest BCUT2D eigenvalue weighted by molar-refractivity contribution is -0.138. The summed E-state index contributed by atoms with van der Waals surface area (Å²) in [7, 11) is 0. The average molecular weight is 311 g/mol. The van der Waals surface area contributed by atoms with Crippen molar-refractivity contribution in [3.05, 3.63) is 70.6 Å². The highest BCUT2D eigenvalue weighted by atomic mass is 35.5. The molecule has 0 unspecified atom stereocenters. The van der Waals surface area contributed by atoms with Crippen LogP contribution >= 0.6 is 11.6 Å². The number of halogens is 4. The molecule has 0 amide bonds. The molecule has 2 heterocycles. The first kappa shape index (κ1) is 13.9. The predicted molar refractivity (Wildman–Crippen MR) is 74.5 cm³/mol. The second-order valence-electron chi connectivity index (χ2n) is 4.68. The molecule has 6 heteroatoms. The number of hydrogen-bond acceptors (Lipinski definition) is 1. The van der Waals surface area contributed by atoms with Crippen LogP contribution in [0.15, 0.2) is 48.8 Å². The van der Waals surface area contributed by atoms with Gasteiger partial charge in [-0.2, -0.15) is 13.2 Å². The first-order chi connectivity index (χ1) is 9.93. The van der Waals surface area contributed by atoms with Crippen LogP contribution in [-0.4, -0.2) is 9.38 Å². The molecule has 0 aliphatic rings. The van der Waals surface area contributed by atoms with Crippen molar-refractivity contribution in [1.82, 2.24) is 9.38 Å². The van der Waals surface area contributed by atoms with Crippen LogP contribution in [0, 0.1) is 0 Å². The Bertz CT molecular complexity index is 793. The van der Waals surface area contributed by atoms with E-state index in [1.807, 2.05) is 0 Å². The van der Waals surface area contributed by atoms with Crippen LogP contribution < -0.4 is 0 Å². The Morgan fingerprint density at radius 1 is 1.05 bits per heavy atom. The Hall–Kier alpha value is -2.01. The molecule has 3 aromatic rings. The lowest BCUT2D eigenvalue weighted by Crippen LogP contribution is -2.09. The van der Waals surface area contributed by atoms with Crippen molar-refractivity contribution >= 4 is 17.2 Å². The molecule has 2 nitrogen and oxygen atoms in total. The summed E-state index contributed by atoms with van der Waals surface area (Å²) in [4.78, 5) is 4.31. The highest BCUT2D eigenvalue weighted by Crippen LogP contribution is 2.32. The largest absolute Gasteiger partial charge is 0.416 e. The van der Waals surface area contributed by atoms with Crippen LogP contribution in [0.1, 0.15) is 16.8 Å². The summed E-state index contributed by atoms with van der Waals surface area (Å²) in [6, 6.07) is 8.95. The summed E-state index contributed by atoms with van der Waals surface area (Å²) >= 11 is 5.88. The monoisotopic (exact) mass is 310 g/mol. The molecule has 0 aliphatic carbocycles. The summed E-state index contributed by atoms with van der Waals surface area (Å²) in [5, 5.41) is 0.544. The van der Waals surface area contributed by atoms with Crippen molar-refractivity contribution in [2.75, 3.05) is 0 Å². The smallest absolute Gasteiger partial charge is 0.305 e. The van der Waals surface area contributed by atoms with Crippen molar-refractivity contribution in [1.29, 1.82) is 0 Å². The number of hydrogen-bond donors (Lipinski definition) is 0. The maximum atomic E-state index is 13.0. The van der Waals surface area contributed by atoms with E-state index in [2.05, 4.69) is 4.98 Å². The second-order valence-corrected chi connectivity index (χ2v) is 5.11. The molecule has 0 saturated heterocycles.